The fourth-order valence-corrected chi connectivity index (χ4v) is 6.95. The molecule has 10 heteroatoms. The van der Waals surface area contributed by atoms with Crippen molar-refractivity contribution in [3.05, 3.63) is 111 Å². The van der Waals surface area contributed by atoms with Crippen LogP contribution in [0.5, 0.6) is 5.75 Å². The number of carbonyl (C=O) groups excluding carboxylic acids is 1. The lowest BCUT2D eigenvalue weighted by atomic mass is 9.93. The lowest BCUT2D eigenvalue weighted by Crippen LogP contribution is -2.40. The highest BCUT2D eigenvalue weighted by atomic mass is 127. The Morgan fingerprint density at radius 1 is 1.14 bits per heavy atom. The summed E-state index contributed by atoms with van der Waals surface area (Å²) >= 11 is 10.1. The number of carbonyl (C=O) groups is 1. The van der Waals surface area contributed by atoms with Gasteiger partial charge in [0, 0.05) is 31.2 Å². The maximum Gasteiger partial charge on any atom is 0.338 e. The van der Waals surface area contributed by atoms with Gasteiger partial charge in [-0.25, -0.2) is 9.79 Å². The highest BCUT2D eigenvalue weighted by molar-refractivity contribution is 14.1. The second-order valence-electron chi connectivity index (χ2n) is 9.94. The molecule has 0 aliphatic carbocycles. The summed E-state index contributed by atoms with van der Waals surface area (Å²) in [6.45, 7) is 8.08. The molecule has 1 aliphatic rings. The molecule has 1 atom stereocenters. The number of ether oxygens (including phenoxy) is 2. The molecule has 4 aromatic rings. The van der Waals surface area contributed by atoms with Crippen LogP contribution in [0.2, 0.25) is 5.02 Å². The first kappa shape index (κ1) is 30.3. The highest BCUT2D eigenvalue weighted by Crippen LogP contribution is 2.38. The summed E-state index contributed by atoms with van der Waals surface area (Å²) in [4.78, 5) is 33.1. The van der Waals surface area contributed by atoms with Gasteiger partial charge in [0.2, 0.25) is 0 Å². The molecule has 0 N–H and O–H groups in total. The van der Waals surface area contributed by atoms with E-state index in [0.717, 1.165) is 32.6 Å². The number of esters is 1. The molecular formula is C32H31ClIN3O4S. The third kappa shape index (κ3) is 5.61. The van der Waals surface area contributed by atoms with Crippen molar-refractivity contribution < 1.29 is 14.3 Å². The van der Waals surface area contributed by atoms with E-state index in [1.807, 2.05) is 19.9 Å². The first-order chi connectivity index (χ1) is 20.2. The number of benzene rings is 2. The Hall–Kier alpha value is -3.15. The maximum absolute atomic E-state index is 14.2. The van der Waals surface area contributed by atoms with Crippen molar-refractivity contribution in [2.75, 3.05) is 13.7 Å². The van der Waals surface area contributed by atoms with E-state index in [1.165, 1.54) is 11.3 Å². The average Bonchev–Trinajstić information content (AvgIpc) is 3.42. The largest absolute Gasteiger partial charge is 0.496 e. The SMILES string of the molecule is CCCC1=C(C(=O)OCC)[C@H](c2cc(Cl)ccc2OC)n2c(s/c(=C/c3cc(C)n(-c4ccc(I)cc4)c3C)c2=O)=N1. The third-order valence-corrected chi connectivity index (χ3v) is 9.16. The number of nitrogens with zero attached hydrogens (tertiary/aromatic N) is 3. The van der Waals surface area contributed by atoms with E-state index >= 15 is 0 Å². The molecule has 2 aromatic heterocycles. The van der Waals surface area contributed by atoms with Gasteiger partial charge in [-0.1, -0.05) is 36.3 Å². The molecule has 0 amide bonds. The first-order valence-electron chi connectivity index (χ1n) is 13.7. The van der Waals surface area contributed by atoms with Crippen LogP contribution < -0.4 is 19.6 Å². The Bertz CT molecular complexity index is 1890. The number of halogens is 2. The van der Waals surface area contributed by atoms with Crippen LogP contribution in [0.25, 0.3) is 11.8 Å². The number of fused-ring (bicyclic) bond motifs is 1. The van der Waals surface area contributed by atoms with Gasteiger partial charge in [-0.2, -0.15) is 0 Å². The molecule has 1 aliphatic heterocycles. The lowest BCUT2D eigenvalue weighted by molar-refractivity contribution is -0.139. The molecule has 218 valence electrons. The molecule has 2 aromatic carbocycles. The minimum atomic E-state index is -0.808. The van der Waals surface area contributed by atoms with E-state index in [1.54, 1.807) is 36.8 Å². The zero-order valence-electron chi connectivity index (χ0n) is 24.0. The van der Waals surface area contributed by atoms with Gasteiger partial charge < -0.3 is 14.0 Å². The van der Waals surface area contributed by atoms with E-state index in [9.17, 15) is 9.59 Å². The molecule has 0 saturated carbocycles. The molecule has 5 rings (SSSR count). The van der Waals surface area contributed by atoms with Crippen molar-refractivity contribution >= 4 is 57.6 Å². The second kappa shape index (κ2) is 12.6. The van der Waals surface area contributed by atoms with E-state index < -0.39 is 12.0 Å². The Kier molecular flexibility index (Phi) is 9.10. The van der Waals surface area contributed by atoms with Gasteiger partial charge in [0.05, 0.1) is 29.5 Å². The van der Waals surface area contributed by atoms with Gasteiger partial charge in [0.1, 0.15) is 11.8 Å². The number of methoxy groups -OCH3 is 1. The predicted molar refractivity (Wildman–Crippen MR) is 176 cm³/mol. The number of aromatic nitrogens is 2. The van der Waals surface area contributed by atoms with Crippen LogP contribution in [0.1, 0.15) is 55.2 Å². The number of hydrogen-bond acceptors (Lipinski definition) is 6. The normalized spacial score (nSPS) is 15.0. The zero-order chi connectivity index (χ0) is 30.1. The van der Waals surface area contributed by atoms with Crippen LogP contribution in [0.15, 0.2) is 69.6 Å². The Morgan fingerprint density at radius 3 is 2.55 bits per heavy atom. The predicted octanol–water partition coefficient (Wildman–Crippen LogP) is 6.25. The summed E-state index contributed by atoms with van der Waals surface area (Å²) in [5.41, 5.74) is 5.36. The standard InChI is InChI=1S/C32H31ClIN3O4S/c1-6-8-25-28(31(39)41-7-2)29(24-17-21(33)9-14-26(24)40-5)37-30(38)27(42-32(37)35-25)16-20-15-18(3)36(19(20)4)23-12-10-22(34)11-13-23/h9-17,29H,6-8H2,1-5H3/b27-16+/t29-/m0/s1. The molecular weight excluding hydrogens is 685 g/mol. The van der Waals surface area contributed by atoms with Crippen molar-refractivity contribution in [3.8, 4) is 11.4 Å². The smallest absolute Gasteiger partial charge is 0.338 e. The number of aryl methyl sites for hydroxylation is 1. The summed E-state index contributed by atoms with van der Waals surface area (Å²) in [5.74, 6) is 0.00618. The van der Waals surface area contributed by atoms with Gasteiger partial charge in [-0.05, 0) is 110 Å². The van der Waals surface area contributed by atoms with E-state index in [2.05, 4.69) is 64.4 Å². The van der Waals surface area contributed by atoms with Crippen molar-refractivity contribution in [3.63, 3.8) is 0 Å². The molecule has 3 heterocycles. The monoisotopic (exact) mass is 715 g/mol. The van der Waals surface area contributed by atoms with Crippen LogP contribution in [0, 0.1) is 17.4 Å². The van der Waals surface area contributed by atoms with Gasteiger partial charge in [0.15, 0.2) is 4.80 Å². The zero-order valence-corrected chi connectivity index (χ0v) is 27.8. The topological polar surface area (TPSA) is 74.8 Å². The van der Waals surface area contributed by atoms with Crippen molar-refractivity contribution in [2.45, 2.75) is 46.6 Å². The molecule has 7 nitrogen and oxygen atoms in total. The molecule has 0 radical (unpaired) electrons. The minimum absolute atomic E-state index is 0.196. The Morgan fingerprint density at radius 2 is 1.88 bits per heavy atom. The van der Waals surface area contributed by atoms with Crippen molar-refractivity contribution in [1.29, 1.82) is 0 Å². The van der Waals surface area contributed by atoms with Crippen LogP contribution in [0.3, 0.4) is 0 Å². The summed E-state index contributed by atoms with van der Waals surface area (Å²) in [5, 5.41) is 0.466. The fraction of sp³-hybridized carbons (Fsp3) is 0.281. The van der Waals surface area contributed by atoms with E-state index in [-0.39, 0.29) is 12.2 Å². The number of thiazole rings is 1. The number of hydrogen-bond donors (Lipinski definition) is 0. The summed E-state index contributed by atoms with van der Waals surface area (Å²) in [6.07, 6.45) is 3.23. The lowest BCUT2D eigenvalue weighted by Gasteiger charge is -2.27. The van der Waals surface area contributed by atoms with Gasteiger partial charge in [-0.3, -0.25) is 9.36 Å². The second-order valence-corrected chi connectivity index (χ2v) is 12.6. The summed E-state index contributed by atoms with van der Waals surface area (Å²) in [7, 11) is 1.56. The van der Waals surface area contributed by atoms with Gasteiger partial charge >= 0.3 is 5.97 Å². The molecule has 0 fully saturated rings. The number of allylic oxidation sites excluding steroid dienone is 1. The Balaban J connectivity index is 1.76. The molecule has 0 bridgehead atoms. The van der Waals surface area contributed by atoms with Crippen molar-refractivity contribution in [1.82, 2.24) is 9.13 Å². The fourth-order valence-electron chi connectivity index (χ4n) is 5.40. The average molecular weight is 716 g/mol. The molecule has 42 heavy (non-hydrogen) atoms. The molecule has 0 saturated heterocycles. The number of rotatable bonds is 8. The van der Waals surface area contributed by atoms with Crippen LogP contribution in [0.4, 0.5) is 0 Å². The summed E-state index contributed by atoms with van der Waals surface area (Å²) in [6, 6.07) is 14.8. The maximum atomic E-state index is 14.2. The summed E-state index contributed by atoms with van der Waals surface area (Å²) < 4.78 is 16.6. The van der Waals surface area contributed by atoms with Crippen LogP contribution in [-0.2, 0) is 9.53 Å². The Labute approximate surface area is 266 Å². The first-order valence-corrected chi connectivity index (χ1v) is 16.0. The van der Waals surface area contributed by atoms with E-state index in [0.29, 0.717) is 43.4 Å². The van der Waals surface area contributed by atoms with Crippen LogP contribution >= 0.6 is 45.5 Å². The third-order valence-electron chi connectivity index (χ3n) is 7.22. The van der Waals surface area contributed by atoms with Crippen LogP contribution in [-0.4, -0.2) is 28.8 Å². The minimum Gasteiger partial charge on any atom is -0.496 e. The van der Waals surface area contributed by atoms with Gasteiger partial charge in [-0.15, -0.1) is 0 Å². The molecule has 0 spiro atoms. The van der Waals surface area contributed by atoms with Crippen molar-refractivity contribution in [2.24, 2.45) is 4.99 Å². The molecule has 0 unspecified atom stereocenters. The quantitative estimate of drug-likeness (QED) is 0.160. The van der Waals surface area contributed by atoms with E-state index in [4.69, 9.17) is 26.1 Å². The highest BCUT2D eigenvalue weighted by Gasteiger charge is 2.36. The van der Waals surface area contributed by atoms with Gasteiger partial charge in [0.25, 0.3) is 5.56 Å².